The zero-order valence-corrected chi connectivity index (χ0v) is 21.5. The second-order valence-electron chi connectivity index (χ2n) is 10.3. The van der Waals surface area contributed by atoms with E-state index in [1.165, 1.54) is 58.3 Å². The Labute approximate surface area is 190 Å². The Hall–Kier alpha value is -0.0800. The predicted molar refractivity (Wildman–Crippen MR) is 131 cm³/mol. The third kappa shape index (κ3) is 4.64. The van der Waals surface area contributed by atoms with Crippen LogP contribution in [-0.4, -0.2) is 84.6 Å². The van der Waals surface area contributed by atoms with E-state index in [2.05, 4.69) is 61.7 Å². The molecular weight excluding hydrogens is 461 g/mol. The van der Waals surface area contributed by atoms with Crippen LogP contribution in [0.3, 0.4) is 0 Å². The van der Waals surface area contributed by atoms with E-state index in [0.717, 1.165) is 25.6 Å². The van der Waals surface area contributed by atoms with E-state index < -0.39 is 0 Å². The summed E-state index contributed by atoms with van der Waals surface area (Å²) in [6.45, 7) is 19.5. The van der Waals surface area contributed by atoms with Crippen LogP contribution in [0.4, 0.5) is 0 Å². The topological polar surface area (TPSA) is 34.1 Å². The molecule has 0 saturated carbocycles. The maximum Gasteiger partial charge on any atom is 0.194 e. The lowest BCUT2D eigenvalue weighted by atomic mass is 9.65. The molecule has 28 heavy (non-hydrogen) atoms. The van der Waals surface area contributed by atoms with Gasteiger partial charge in [-0.1, -0.05) is 20.3 Å². The Kier molecular flexibility index (Phi) is 8.10. The van der Waals surface area contributed by atoms with Crippen molar-refractivity contribution >= 4 is 29.9 Å². The van der Waals surface area contributed by atoms with Crippen molar-refractivity contribution in [1.29, 1.82) is 0 Å². The summed E-state index contributed by atoms with van der Waals surface area (Å²) < 4.78 is 0. The Balaban J connectivity index is 0.00000280. The molecule has 0 aromatic carbocycles. The molecule has 0 aliphatic carbocycles. The zero-order valence-electron chi connectivity index (χ0n) is 19.2. The molecule has 0 atom stereocenters. The van der Waals surface area contributed by atoms with Crippen molar-refractivity contribution in [3.63, 3.8) is 0 Å². The van der Waals surface area contributed by atoms with Crippen LogP contribution in [0.1, 0.15) is 66.7 Å². The van der Waals surface area contributed by atoms with Gasteiger partial charge in [-0.15, -0.1) is 24.0 Å². The van der Waals surface area contributed by atoms with Crippen LogP contribution in [0.25, 0.3) is 0 Å². The third-order valence-corrected chi connectivity index (χ3v) is 7.94. The van der Waals surface area contributed by atoms with E-state index in [9.17, 15) is 0 Å². The molecule has 1 N–H and O–H groups in total. The zero-order chi connectivity index (χ0) is 19.7. The molecule has 3 fully saturated rings. The molecule has 0 unspecified atom stereocenters. The van der Waals surface area contributed by atoms with Gasteiger partial charge in [0.25, 0.3) is 0 Å². The lowest BCUT2D eigenvalue weighted by Gasteiger charge is -2.62. The van der Waals surface area contributed by atoms with Gasteiger partial charge < -0.3 is 15.1 Å². The van der Waals surface area contributed by atoms with Gasteiger partial charge in [-0.2, -0.15) is 0 Å². The normalized spacial score (nSPS) is 27.6. The Morgan fingerprint density at radius 3 is 2.07 bits per heavy atom. The van der Waals surface area contributed by atoms with Crippen molar-refractivity contribution in [3.8, 4) is 0 Å². The number of hydrogen-bond acceptors (Lipinski definition) is 3. The molecule has 3 aliphatic heterocycles. The van der Waals surface area contributed by atoms with Gasteiger partial charge in [0, 0.05) is 29.6 Å². The molecule has 0 radical (unpaired) electrons. The Bertz CT molecular complexity index is 531. The molecule has 0 spiro atoms. The summed E-state index contributed by atoms with van der Waals surface area (Å²) in [7, 11) is 2.26. The summed E-state index contributed by atoms with van der Waals surface area (Å²) in [6, 6.07) is 0. The van der Waals surface area contributed by atoms with Gasteiger partial charge >= 0.3 is 0 Å². The quantitative estimate of drug-likeness (QED) is 0.360. The van der Waals surface area contributed by atoms with Crippen LogP contribution in [-0.2, 0) is 0 Å². The monoisotopic (exact) mass is 505 g/mol. The first-order valence-corrected chi connectivity index (χ1v) is 11.2. The van der Waals surface area contributed by atoms with E-state index in [1.807, 2.05) is 0 Å². The molecule has 3 heterocycles. The maximum absolute atomic E-state index is 5.26. The molecule has 3 rings (SSSR count). The van der Waals surface area contributed by atoms with Crippen molar-refractivity contribution in [2.75, 3.05) is 52.9 Å². The van der Waals surface area contributed by atoms with Crippen molar-refractivity contribution in [1.82, 2.24) is 20.0 Å². The van der Waals surface area contributed by atoms with E-state index >= 15 is 0 Å². The van der Waals surface area contributed by atoms with Gasteiger partial charge in [-0.3, -0.25) is 9.89 Å². The molecule has 164 valence electrons. The average molecular weight is 506 g/mol. The lowest BCUT2D eigenvalue weighted by Crippen LogP contribution is -2.72. The first kappa shape index (κ1) is 24.2. The maximum atomic E-state index is 5.26. The predicted octanol–water partition coefficient (Wildman–Crippen LogP) is 3.64. The molecule has 0 aromatic heterocycles. The van der Waals surface area contributed by atoms with Crippen LogP contribution in [0.15, 0.2) is 4.99 Å². The molecule has 0 bridgehead atoms. The van der Waals surface area contributed by atoms with Crippen LogP contribution >= 0.6 is 24.0 Å². The second kappa shape index (κ2) is 9.38. The van der Waals surface area contributed by atoms with Crippen LogP contribution in [0.5, 0.6) is 0 Å². The van der Waals surface area contributed by atoms with Gasteiger partial charge in [0.15, 0.2) is 5.96 Å². The van der Waals surface area contributed by atoms with Gasteiger partial charge in [0.1, 0.15) is 0 Å². The summed E-state index contributed by atoms with van der Waals surface area (Å²) in [4.78, 5) is 13.0. The minimum absolute atomic E-state index is 0. The summed E-state index contributed by atoms with van der Waals surface area (Å²) >= 11 is 0. The average Bonchev–Trinajstić information content (AvgIpc) is 2.66. The van der Waals surface area contributed by atoms with Gasteiger partial charge in [0.05, 0.1) is 6.54 Å². The molecular formula is C22H44IN5. The Morgan fingerprint density at radius 1 is 0.964 bits per heavy atom. The first-order chi connectivity index (χ1) is 12.7. The van der Waals surface area contributed by atoms with Crippen molar-refractivity contribution in [3.05, 3.63) is 0 Å². The number of piperidine rings is 2. The number of guanidine groups is 1. The number of hydrogen-bond donors (Lipinski definition) is 1. The van der Waals surface area contributed by atoms with E-state index in [0.29, 0.717) is 5.41 Å². The van der Waals surface area contributed by atoms with Gasteiger partial charge in [-0.25, -0.2) is 0 Å². The highest BCUT2D eigenvalue weighted by Gasteiger charge is 2.54. The summed E-state index contributed by atoms with van der Waals surface area (Å²) in [5, 5.41) is 3.59. The largest absolute Gasteiger partial charge is 0.356 e. The van der Waals surface area contributed by atoms with Crippen molar-refractivity contribution in [2.45, 2.75) is 77.8 Å². The molecule has 3 aliphatic rings. The van der Waals surface area contributed by atoms with Crippen molar-refractivity contribution < 1.29 is 0 Å². The number of likely N-dealkylation sites (tertiary alicyclic amines) is 3. The first-order valence-electron chi connectivity index (χ1n) is 11.2. The lowest BCUT2D eigenvalue weighted by molar-refractivity contribution is -0.0671. The molecule has 6 heteroatoms. The number of aliphatic imine (C=N–C) groups is 1. The van der Waals surface area contributed by atoms with Gasteiger partial charge in [0.2, 0.25) is 0 Å². The van der Waals surface area contributed by atoms with Crippen molar-refractivity contribution in [2.24, 2.45) is 10.4 Å². The Morgan fingerprint density at radius 2 is 1.57 bits per heavy atom. The number of nitrogens with one attached hydrogen (secondary N) is 1. The minimum Gasteiger partial charge on any atom is -0.356 e. The number of rotatable bonds is 4. The second-order valence-corrected chi connectivity index (χ2v) is 10.3. The van der Waals surface area contributed by atoms with Gasteiger partial charge in [-0.05, 0) is 79.7 Å². The fourth-order valence-electron chi connectivity index (χ4n) is 4.99. The highest BCUT2D eigenvalue weighted by Crippen LogP contribution is 2.46. The van der Waals surface area contributed by atoms with Crippen LogP contribution in [0, 0.1) is 5.41 Å². The minimum atomic E-state index is 0. The summed E-state index contributed by atoms with van der Waals surface area (Å²) in [5.74, 6) is 1.12. The fourth-order valence-corrected chi connectivity index (χ4v) is 4.99. The highest BCUT2D eigenvalue weighted by atomic mass is 127. The van der Waals surface area contributed by atoms with E-state index in [1.54, 1.807) is 0 Å². The molecule has 0 amide bonds. The van der Waals surface area contributed by atoms with Crippen LogP contribution in [0.2, 0.25) is 0 Å². The van der Waals surface area contributed by atoms with Crippen LogP contribution < -0.4 is 5.32 Å². The molecule has 5 nitrogen and oxygen atoms in total. The molecule has 0 aromatic rings. The molecule has 3 saturated heterocycles. The number of halogens is 1. The number of nitrogens with zero attached hydrogens (tertiary/aromatic N) is 4. The highest BCUT2D eigenvalue weighted by molar-refractivity contribution is 14.0. The van der Waals surface area contributed by atoms with E-state index in [4.69, 9.17) is 4.99 Å². The standard InChI is InChI=1S/C22H43N5.HI/c1-7-23-19(27-18-20(2,3)21(27,4)5)24-17-22(11-15-25(6)16-12-22)26-13-9-8-10-14-26;/h7-18H2,1-6H3,(H,23,24);1H. The summed E-state index contributed by atoms with van der Waals surface area (Å²) in [6.07, 6.45) is 6.61. The third-order valence-electron chi connectivity index (χ3n) is 7.94. The fraction of sp³-hybridized carbons (Fsp3) is 0.955. The summed E-state index contributed by atoms with van der Waals surface area (Å²) in [5.41, 5.74) is 0.749. The SMILES string of the molecule is CCNC(=NCC1(N2CCCCC2)CCN(C)CC1)N1CC(C)(C)C1(C)C.I. The smallest absolute Gasteiger partial charge is 0.194 e. The van der Waals surface area contributed by atoms with E-state index in [-0.39, 0.29) is 35.1 Å².